The van der Waals surface area contributed by atoms with Crippen molar-refractivity contribution < 1.29 is 4.79 Å². The lowest BCUT2D eigenvalue weighted by Crippen LogP contribution is -2.35. The van der Waals surface area contributed by atoms with Crippen LogP contribution in [0.1, 0.15) is 91.9 Å². The summed E-state index contributed by atoms with van der Waals surface area (Å²) in [5.74, 6) is 1.59. The van der Waals surface area contributed by atoms with Crippen LogP contribution in [0.4, 0.5) is 0 Å². The third kappa shape index (κ3) is 19.4. The van der Waals surface area contributed by atoms with E-state index < -0.39 is 0 Å². The smallest absolute Gasteiger partial charge is 0.233 e. The van der Waals surface area contributed by atoms with Gasteiger partial charge in [-0.3, -0.25) is 4.79 Å². The number of unbranched alkanes of at least 4 members (excludes halogenated alkanes) is 8. The number of rotatable bonds is 16. The Balaban J connectivity index is 3.14. The second kappa shape index (κ2) is 16.3. The number of hydrogen-bond acceptors (Lipinski definition) is 2. The van der Waals surface area contributed by atoms with Gasteiger partial charge in [0.1, 0.15) is 0 Å². The summed E-state index contributed by atoms with van der Waals surface area (Å²) >= 11 is 0. The quantitative estimate of drug-likeness (QED) is 0.396. The molecule has 138 valence electrons. The van der Waals surface area contributed by atoms with Gasteiger partial charge in [0.15, 0.2) is 0 Å². The minimum Gasteiger partial charge on any atom is -0.355 e. The summed E-state index contributed by atoms with van der Waals surface area (Å²) in [5, 5.41) is 6.16. The van der Waals surface area contributed by atoms with E-state index in [0.717, 1.165) is 25.4 Å². The summed E-state index contributed by atoms with van der Waals surface area (Å²) in [6.45, 7) is 11.1. The molecular weight excluding hydrogens is 284 g/mol. The zero-order valence-electron chi connectivity index (χ0n) is 16.3. The Labute approximate surface area is 145 Å². The van der Waals surface area contributed by atoms with Crippen molar-refractivity contribution in [2.75, 3.05) is 19.6 Å². The molecule has 0 atom stereocenters. The zero-order chi connectivity index (χ0) is 17.3. The van der Waals surface area contributed by atoms with Gasteiger partial charge in [-0.05, 0) is 24.8 Å². The van der Waals surface area contributed by atoms with Gasteiger partial charge in [-0.1, -0.05) is 85.5 Å². The summed E-state index contributed by atoms with van der Waals surface area (Å²) < 4.78 is 0. The van der Waals surface area contributed by atoms with Crippen molar-refractivity contribution in [3.05, 3.63) is 0 Å². The Morgan fingerprint density at radius 3 is 1.78 bits per heavy atom. The third-order valence-electron chi connectivity index (χ3n) is 4.12. The van der Waals surface area contributed by atoms with Gasteiger partial charge in [-0.15, -0.1) is 0 Å². The normalized spacial score (nSPS) is 11.4. The highest BCUT2D eigenvalue weighted by Crippen LogP contribution is 2.12. The molecule has 0 saturated heterocycles. The molecule has 0 saturated carbocycles. The lowest BCUT2D eigenvalue weighted by molar-refractivity contribution is -0.120. The molecule has 0 heterocycles. The molecule has 0 radical (unpaired) electrons. The molecule has 23 heavy (non-hydrogen) atoms. The fourth-order valence-corrected chi connectivity index (χ4v) is 2.68. The molecule has 0 aromatic rings. The van der Waals surface area contributed by atoms with Crippen LogP contribution in [0.5, 0.6) is 0 Å². The molecular formula is C20H42N2O. The second-order valence-electron chi connectivity index (χ2n) is 7.74. The molecule has 1 amide bonds. The van der Waals surface area contributed by atoms with Crippen molar-refractivity contribution in [3.63, 3.8) is 0 Å². The van der Waals surface area contributed by atoms with Gasteiger partial charge in [0, 0.05) is 6.54 Å². The Morgan fingerprint density at radius 1 is 0.739 bits per heavy atom. The van der Waals surface area contributed by atoms with Crippen LogP contribution in [0, 0.1) is 11.8 Å². The largest absolute Gasteiger partial charge is 0.355 e. The van der Waals surface area contributed by atoms with Crippen molar-refractivity contribution in [3.8, 4) is 0 Å². The molecule has 0 aromatic carbocycles. The molecule has 2 N–H and O–H groups in total. The van der Waals surface area contributed by atoms with Gasteiger partial charge < -0.3 is 10.6 Å². The summed E-state index contributed by atoms with van der Waals surface area (Å²) in [4.78, 5) is 11.6. The van der Waals surface area contributed by atoms with Gasteiger partial charge >= 0.3 is 0 Å². The van der Waals surface area contributed by atoms with Crippen LogP contribution in [0.15, 0.2) is 0 Å². The van der Waals surface area contributed by atoms with E-state index in [4.69, 9.17) is 0 Å². The molecule has 0 aromatic heterocycles. The van der Waals surface area contributed by atoms with Gasteiger partial charge in [0.25, 0.3) is 0 Å². The molecule has 3 heteroatoms. The zero-order valence-corrected chi connectivity index (χ0v) is 16.3. The minimum absolute atomic E-state index is 0.132. The predicted molar refractivity (Wildman–Crippen MR) is 102 cm³/mol. The van der Waals surface area contributed by atoms with E-state index >= 15 is 0 Å². The number of nitrogens with one attached hydrogen (secondary N) is 2. The monoisotopic (exact) mass is 326 g/mol. The predicted octanol–water partition coefficient (Wildman–Crippen LogP) is 4.91. The lowest BCUT2D eigenvalue weighted by atomic mass is 10.0. The van der Waals surface area contributed by atoms with E-state index in [-0.39, 0.29) is 5.91 Å². The topological polar surface area (TPSA) is 41.1 Å². The van der Waals surface area contributed by atoms with Crippen LogP contribution in [-0.2, 0) is 4.79 Å². The fourth-order valence-electron chi connectivity index (χ4n) is 2.68. The highest BCUT2D eigenvalue weighted by Gasteiger charge is 2.00. The summed E-state index contributed by atoms with van der Waals surface area (Å²) in [6.07, 6.45) is 13.4. The summed E-state index contributed by atoms with van der Waals surface area (Å²) in [5.41, 5.74) is 0. The number of hydrogen-bond donors (Lipinski definition) is 2. The standard InChI is InChI=1S/C20H42N2O/c1-18(2)14-12-10-8-6-5-7-9-11-13-15-22-20(23)17-21-16-19(3)4/h18-19,21H,5-17H2,1-4H3,(H,22,23). The Hall–Kier alpha value is -0.570. The maximum atomic E-state index is 11.6. The van der Waals surface area contributed by atoms with Crippen LogP contribution in [0.3, 0.4) is 0 Å². The van der Waals surface area contributed by atoms with E-state index in [2.05, 4.69) is 38.3 Å². The van der Waals surface area contributed by atoms with Crippen LogP contribution in [0.2, 0.25) is 0 Å². The Morgan fingerprint density at radius 2 is 1.26 bits per heavy atom. The fraction of sp³-hybridized carbons (Fsp3) is 0.950. The summed E-state index contributed by atoms with van der Waals surface area (Å²) in [6, 6.07) is 0. The maximum Gasteiger partial charge on any atom is 0.233 e. The number of carbonyl (C=O) groups excluding carboxylic acids is 1. The van der Waals surface area contributed by atoms with Crippen LogP contribution in [-0.4, -0.2) is 25.5 Å². The first-order valence-corrected chi connectivity index (χ1v) is 9.99. The maximum absolute atomic E-state index is 11.6. The Bertz CT molecular complexity index is 264. The average molecular weight is 327 g/mol. The molecule has 0 fully saturated rings. The van der Waals surface area contributed by atoms with Crippen molar-refractivity contribution in [1.29, 1.82) is 0 Å². The first kappa shape index (κ1) is 22.4. The van der Waals surface area contributed by atoms with Crippen LogP contribution in [0.25, 0.3) is 0 Å². The van der Waals surface area contributed by atoms with E-state index in [1.54, 1.807) is 0 Å². The molecule has 0 spiro atoms. The Kier molecular flexibility index (Phi) is 15.9. The third-order valence-corrected chi connectivity index (χ3v) is 4.12. The van der Waals surface area contributed by atoms with Crippen LogP contribution < -0.4 is 10.6 Å². The van der Waals surface area contributed by atoms with E-state index in [1.165, 1.54) is 57.8 Å². The number of amides is 1. The molecule has 0 unspecified atom stereocenters. The second-order valence-corrected chi connectivity index (χ2v) is 7.74. The van der Waals surface area contributed by atoms with E-state index in [0.29, 0.717) is 12.5 Å². The number of carbonyl (C=O) groups is 1. The molecule has 0 bridgehead atoms. The SMILES string of the molecule is CC(C)CCCCCCCCCCCNC(=O)CNCC(C)C. The molecule has 0 aliphatic carbocycles. The van der Waals surface area contributed by atoms with E-state index in [9.17, 15) is 4.79 Å². The van der Waals surface area contributed by atoms with Gasteiger partial charge in [0.05, 0.1) is 6.54 Å². The molecule has 0 rings (SSSR count). The van der Waals surface area contributed by atoms with Crippen molar-refractivity contribution in [1.82, 2.24) is 10.6 Å². The van der Waals surface area contributed by atoms with Crippen molar-refractivity contribution in [2.24, 2.45) is 11.8 Å². The highest BCUT2D eigenvalue weighted by atomic mass is 16.1. The first-order valence-electron chi connectivity index (χ1n) is 9.99. The highest BCUT2D eigenvalue weighted by molar-refractivity contribution is 5.77. The van der Waals surface area contributed by atoms with Crippen LogP contribution >= 0.6 is 0 Å². The molecule has 0 aliphatic rings. The van der Waals surface area contributed by atoms with Crippen molar-refractivity contribution >= 4 is 5.91 Å². The first-order chi connectivity index (χ1) is 11.0. The molecule has 0 aliphatic heterocycles. The minimum atomic E-state index is 0.132. The van der Waals surface area contributed by atoms with Gasteiger partial charge in [0.2, 0.25) is 5.91 Å². The summed E-state index contributed by atoms with van der Waals surface area (Å²) in [7, 11) is 0. The van der Waals surface area contributed by atoms with E-state index in [1.807, 2.05) is 0 Å². The van der Waals surface area contributed by atoms with Gasteiger partial charge in [-0.25, -0.2) is 0 Å². The molecule has 3 nitrogen and oxygen atoms in total. The van der Waals surface area contributed by atoms with Crippen molar-refractivity contribution in [2.45, 2.75) is 91.9 Å². The lowest BCUT2D eigenvalue weighted by Gasteiger charge is -2.08. The average Bonchev–Trinajstić information content (AvgIpc) is 2.47. The van der Waals surface area contributed by atoms with Gasteiger partial charge in [-0.2, -0.15) is 0 Å².